The molecule has 2 aromatic rings. The molecule has 0 saturated heterocycles. The largest absolute Gasteiger partial charge is 0.465 e. The number of rotatable bonds is 4. The molecule has 1 heterocycles. The minimum absolute atomic E-state index is 0.303. The Labute approximate surface area is 116 Å². The molecule has 1 aromatic heterocycles. The van der Waals surface area contributed by atoms with Crippen molar-refractivity contribution in [3.8, 4) is 0 Å². The molecule has 1 aromatic carbocycles. The van der Waals surface area contributed by atoms with Gasteiger partial charge in [-0.15, -0.1) is 0 Å². The van der Waals surface area contributed by atoms with E-state index in [4.69, 9.17) is 16.3 Å². The average molecular weight is 280 g/mol. The highest BCUT2D eigenvalue weighted by molar-refractivity contribution is 6.31. The highest BCUT2D eigenvalue weighted by atomic mass is 35.5. The van der Waals surface area contributed by atoms with Crippen molar-refractivity contribution in [3.63, 3.8) is 0 Å². The maximum Gasteiger partial charge on any atom is 0.321 e. The first kappa shape index (κ1) is 13.5. The third kappa shape index (κ3) is 2.76. The van der Waals surface area contributed by atoms with Crippen molar-refractivity contribution >= 4 is 17.6 Å². The standard InChI is InChI=1S/C13H14ClN3O2/c1-3-19-13(18)11(12-15-8-16-17(12)2)9-6-4-5-7-10(9)14/h4-8,11H,3H2,1-2H3. The molecule has 19 heavy (non-hydrogen) atoms. The number of hydrogen-bond acceptors (Lipinski definition) is 4. The van der Waals surface area contributed by atoms with Crippen LogP contribution in [-0.4, -0.2) is 27.3 Å². The molecule has 100 valence electrons. The number of carbonyl (C=O) groups excluding carboxylic acids is 1. The van der Waals surface area contributed by atoms with E-state index in [1.165, 1.54) is 6.33 Å². The molecule has 0 fully saturated rings. The molecule has 0 radical (unpaired) electrons. The third-order valence-corrected chi connectivity index (χ3v) is 3.09. The fourth-order valence-corrected chi connectivity index (χ4v) is 2.12. The van der Waals surface area contributed by atoms with E-state index in [1.54, 1.807) is 30.8 Å². The summed E-state index contributed by atoms with van der Waals surface area (Å²) in [5.41, 5.74) is 0.665. The first-order valence-corrected chi connectivity index (χ1v) is 6.28. The fraction of sp³-hybridized carbons (Fsp3) is 0.308. The molecular weight excluding hydrogens is 266 g/mol. The van der Waals surface area contributed by atoms with Gasteiger partial charge in [0.1, 0.15) is 18.1 Å². The summed E-state index contributed by atoms with van der Waals surface area (Å²) < 4.78 is 6.66. The van der Waals surface area contributed by atoms with Crippen LogP contribution in [0.15, 0.2) is 30.6 Å². The number of esters is 1. The van der Waals surface area contributed by atoms with Gasteiger partial charge in [-0.2, -0.15) is 5.10 Å². The van der Waals surface area contributed by atoms with Gasteiger partial charge in [0.25, 0.3) is 0 Å². The topological polar surface area (TPSA) is 57.0 Å². The molecule has 5 nitrogen and oxygen atoms in total. The first-order valence-electron chi connectivity index (χ1n) is 5.90. The number of halogens is 1. The van der Waals surface area contributed by atoms with Gasteiger partial charge in [-0.25, -0.2) is 4.98 Å². The number of benzene rings is 1. The second kappa shape index (κ2) is 5.84. The normalized spacial score (nSPS) is 12.2. The van der Waals surface area contributed by atoms with Crippen molar-refractivity contribution in [3.05, 3.63) is 47.0 Å². The molecule has 1 unspecified atom stereocenters. The van der Waals surface area contributed by atoms with Crippen LogP contribution in [-0.2, 0) is 16.6 Å². The lowest BCUT2D eigenvalue weighted by molar-refractivity contribution is -0.144. The summed E-state index contributed by atoms with van der Waals surface area (Å²) in [6, 6.07) is 7.16. The number of carbonyl (C=O) groups is 1. The quantitative estimate of drug-likeness (QED) is 0.805. The molecule has 6 heteroatoms. The van der Waals surface area contributed by atoms with Crippen LogP contribution in [0.1, 0.15) is 24.2 Å². The maximum atomic E-state index is 12.2. The van der Waals surface area contributed by atoms with E-state index in [-0.39, 0.29) is 5.97 Å². The Morgan fingerprint density at radius 2 is 2.21 bits per heavy atom. The second-order valence-electron chi connectivity index (χ2n) is 3.95. The zero-order valence-electron chi connectivity index (χ0n) is 10.7. The van der Waals surface area contributed by atoms with Crippen LogP contribution in [0, 0.1) is 0 Å². The number of nitrogens with zero attached hydrogens (tertiary/aromatic N) is 3. The van der Waals surface area contributed by atoms with Gasteiger partial charge >= 0.3 is 5.97 Å². The van der Waals surface area contributed by atoms with Crippen LogP contribution in [0.3, 0.4) is 0 Å². The fourth-order valence-electron chi connectivity index (χ4n) is 1.87. The van der Waals surface area contributed by atoms with E-state index in [0.717, 1.165) is 0 Å². The van der Waals surface area contributed by atoms with Crippen molar-refractivity contribution in [2.75, 3.05) is 6.61 Å². The van der Waals surface area contributed by atoms with E-state index in [1.807, 2.05) is 12.1 Å². The summed E-state index contributed by atoms with van der Waals surface area (Å²) in [4.78, 5) is 16.3. The van der Waals surface area contributed by atoms with Gasteiger partial charge in [-0.3, -0.25) is 9.48 Å². The Hall–Kier alpha value is -1.88. The summed E-state index contributed by atoms with van der Waals surface area (Å²) >= 11 is 6.17. The van der Waals surface area contributed by atoms with Gasteiger partial charge in [-0.05, 0) is 18.6 Å². The summed E-state index contributed by atoms with van der Waals surface area (Å²) in [5.74, 6) is -0.542. The maximum absolute atomic E-state index is 12.2. The van der Waals surface area contributed by atoms with Crippen LogP contribution in [0.4, 0.5) is 0 Å². The minimum atomic E-state index is -0.666. The van der Waals surface area contributed by atoms with E-state index in [2.05, 4.69) is 10.1 Å². The van der Waals surface area contributed by atoms with Crippen molar-refractivity contribution in [1.29, 1.82) is 0 Å². The van der Waals surface area contributed by atoms with Gasteiger partial charge in [0.2, 0.25) is 0 Å². The number of hydrogen-bond donors (Lipinski definition) is 0. The Balaban J connectivity index is 2.50. The van der Waals surface area contributed by atoms with Gasteiger partial charge in [0, 0.05) is 12.1 Å². The van der Waals surface area contributed by atoms with Crippen molar-refractivity contribution in [2.24, 2.45) is 7.05 Å². The summed E-state index contributed by atoms with van der Waals surface area (Å²) in [5, 5.41) is 4.49. The van der Waals surface area contributed by atoms with Crippen LogP contribution in [0.2, 0.25) is 5.02 Å². The predicted octanol–water partition coefficient (Wildman–Crippen LogP) is 2.16. The van der Waals surface area contributed by atoms with Crippen molar-refractivity contribution < 1.29 is 9.53 Å². The lowest BCUT2D eigenvalue weighted by atomic mass is 9.98. The molecule has 1 atom stereocenters. The molecular formula is C13H14ClN3O2. The average Bonchev–Trinajstić information content (AvgIpc) is 2.79. The van der Waals surface area contributed by atoms with Gasteiger partial charge < -0.3 is 4.74 Å². The molecule has 0 bridgehead atoms. The summed E-state index contributed by atoms with van der Waals surface area (Å²) in [6.45, 7) is 2.07. The molecule has 0 aliphatic rings. The Morgan fingerprint density at radius 3 is 2.79 bits per heavy atom. The van der Waals surface area contributed by atoms with Crippen LogP contribution >= 0.6 is 11.6 Å². The van der Waals surface area contributed by atoms with Crippen molar-refractivity contribution in [2.45, 2.75) is 12.8 Å². The smallest absolute Gasteiger partial charge is 0.321 e. The molecule has 2 rings (SSSR count). The number of aryl methyl sites for hydroxylation is 1. The molecule has 0 spiro atoms. The third-order valence-electron chi connectivity index (χ3n) is 2.74. The minimum Gasteiger partial charge on any atom is -0.465 e. The molecule has 0 N–H and O–H groups in total. The Kier molecular flexibility index (Phi) is 4.16. The van der Waals surface area contributed by atoms with Gasteiger partial charge in [0.05, 0.1) is 6.61 Å². The van der Waals surface area contributed by atoms with E-state index in [9.17, 15) is 4.79 Å². The molecule has 0 aliphatic carbocycles. The van der Waals surface area contributed by atoms with E-state index in [0.29, 0.717) is 23.0 Å². The molecule has 0 amide bonds. The lowest BCUT2D eigenvalue weighted by Gasteiger charge is -2.16. The predicted molar refractivity (Wildman–Crippen MR) is 70.9 cm³/mol. The van der Waals surface area contributed by atoms with E-state index < -0.39 is 5.92 Å². The van der Waals surface area contributed by atoms with Crippen LogP contribution < -0.4 is 0 Å². The van der Waals surface area contributed by atoms with Crippen LogP contribution in [0.25, 0.3) is 0 Å². The van der Waals surface area contributed by atoms with Crippen LogP contribution in [0.5, 0.6) is 0 Å². The molecule has 0 aliphatic heterocycles. The SMILES string of the molecule is CCOC(=O)C(c1ccccc1Cl)c1ncnn1C. The zero-order chi connectivity index (χ0) is 13.8. The first-order chi connectivity index (χ1) is 9.15. The number of ether oxygens (including phenoxy) is 1. The molecule has 0 saturated carbocycles. The highest BCUT2D eigenvalue weighted by Crippen LogP contribution is 2.29. The monoisotopic (exact) mass is 279 g/mol. The van der Waals surface area contributed by atoms with E-state index >= 15 is 0 Å². The zero-order valence-corrected chi connectivity index (χ0v) is 11.5. The van der Waals surface area contributed by atoms with Crippen molar-refractivity contribution in [1.82, 2.24) is 14.8 Å². The lowest BCUT2D eigenvalue weighted by Crippen LogP contribution is -2.21. The van der Waals surface area contributed by atoms with Gasteiger partial charge in [-0.1, -0.05) is 29.8 Å². The highest BCUT2D eigenvalue weighted by Gasteiger charge is 2.29. The summed E-state index contributed by atoms with van der Waals surface area (Å²) in [7, 11) is 1.73. The Bertz CT molecular complexity index is 583. The number of aromatic nitrogens is 3. The second-order valence-corrected chi connectivity index (χ2v) is 4.36. The Morgan fingerprint density at radius 1 is 1.47 bits per heavy atom. The summed E-state index contributed by atoms with van der Waals surface area (Å²) in [6.07, 6.45) is 1.40. The van der Waals surface area contributed by atoms with Gasteiger partial charge in [0.15, 0.2) is 0 Å².